The van der Waals surface area contributed by atoms with Crippen molar-refractivity contribution >= 4 is 19.7 Å². The SMILES string of the molecule is CC1CCC(CCS(=O)(=O)Cl)CC1. The molecule has 0 spiro atoms. The van der Waals surface area contributed by atoms with Crippen LogP contribution in [0.4, 0.5) is 0 Å². The maximum atomic E-state index is 10.7. The summed E-state index contributed by atoms with van der Waals surface area (Å²) >= 11 is 0. The molecule has 0 saturated heterocycles. The first-order chi connectivity index (χ1) is 5.97. The summed E-state index contributed by atoms with van der Waals surface area (Å²) in [7, 11) is 1.89. The van der Waals surface area contributed by atoms with Crippen molar-refractivity contribution in [1.29, 1.82) is 0 Å². The molecule has 13 heavy (non-hydrogen) atoms. The lowest BCUT2D eigenvalue weighted by atomic mass is 9.82. The Bertz CT molecular complexity index is 240. The first-order valence-electron chi connectivity index (χ1n) is 4.89. The zero-order valence-corrected chi connectivity index (χ0v) is 9.57. The third kappa shape index (κ3) is 4.87. The third-order valence-corrected chi connectivity index (χ3v) is 4.09. The van der Waals surface area contributed by atoms with Gasteiger partial charge in [0.2, 0.25) is 9.05 Å². The van der Waals surface area contributed by atoms with Crippen LogP contribution in [-0.2, 0) is 9.05 Å². The van der Waals surface area contributed by atoms with E-state index in [9.17, 15) is 8.42 Å². The molecule has 0 aromatic carbocycles. The van der Waals surface area contributed by atoms with E-state index in [2.05, 4.69) is 6.92 Å². The van der Waals surface area contributed by atoms with Crippen molar-refractivity contribution in [2.45, 2.75) is 39.0 Å². The topological polar surface area (TPSA) is 34.1 Å². The molecule has 0 aliphatic heterocycles. The zero-order chi connectivity index (χ0) is 9.90. The van der Waals surface area contributed by atoms with Crippen LogP contribution in [0.5, 0.6) is 0 Å². The van der Waals surface area contributed by atoms with Crippen molar-refractivity contribution in [3.05, 3.63) is 0 Å². The highest BCUT2D eigenvalue weighted by Crippen LogP contribution is 2.30. The summed E-state index contributed by atoms with van der Waals surface area (Å²) in [5.41, 5.74) is 0. The Balaban J connectivity index is 2.24. The van der Waals surface area contributed by atoms with E-state index in [1.807, 2.05) is 0 Å². The summed E-state index contributed by atoms with van der Waals surface area (Å²) < 4.78 is 21.4. The average molecular weight is 225 g/mol. The van der Waals surface area contributed by atoms with Crippen molar-refractivity contribution in [3.63, 3.8) is 0 Å². The number of hydrogen-bond acceptors (Lipinski definition) is 2. The zero-order valence-electron chi connectivity index (χ0n) is 8.00. The predicted octanol–water partition coefficient (Wildman–Crippen LogP) is 2.77. The molecule has 0 N–H and O–H groups in total. The molecule has 0 atom stereocenters. The largest absolute Gasteiger partial charge is 0.232 e. The van der Waals surface area contributed by atoms with Crippen LogP contribution in [0.2, 0.25) is 0 Å². The van der Waals surface area contributed by atoms with Crippen LogP contribution < -0.4 is 0 Å². The molecule has 0 unspecified atom stereocenters. The maximum absolute atomic E-state index is 10.7. The second-order valence-corrected chi connectivity index (χ2v) is 7.05. The lowest BCUT2D eigenvalue weighted by molar-refractivity contribution is 0.285. The number of rotatable bonds is 3. The molecule has 1 fully saturated rings. The van der Waals surface area contributed by atoms with Crippen LogP contribution in [0.3, 0.4) is 0 Å². The summed E-state index contributed by atoms with van der Waals surface area (Å²) in [6.45, 7) is 2.26. The van der Waals surface area contributed by atoms with E-state index >= 15 is 0 Å². The molecule has 0 aromatic heterocycles. The van der Waals surface area contributed by atoms with E-state index in [0.29, 0.717) is 5.92 Å². The Hall–Kier alpha value is 0.240. The van der Waals surface area contributed by atoms with Crippen LogP contribution in [0.15, 0.2) is 0 Å². The van der Waals surface area contributed by atoms with Gasteiger partial charge < -0.3 is 0 Å². The van der Waals surface area contributed by atoms with Crippen molar-refractivity contribution in [1.82, 2.24) is 0 Å². The normalized spacial score (nSPS) is 30.3. The molecule has 0 heterocycles. The van der Waals surface area contributed by atoms with E-state index < -0.39 is 9.05 Å². The predicted molar refractivity (Wildman–Crippen MR) is 55.4 cm³/mol. The Morgan fingerprint density at radius 2 is 1.77 bits per heavy atom. The van der Waals surface area contributed by atoms with Gasteiger partial charge in [-0.05, 0) is 18.3 Å². The van der Waals surface area contributed by atoms with Crippen molar-refractivity contribution in [2.24, 2.45) is 11.8 Å². The molecule has 1 aliphatic carbocycles. The fourth-order valence-electron chi connectivity index (χ4n) is 1.93. The van der Waals surface area contributed by atoms with Gasteiger partial charge in [-0.3, -0.25) is 0 Å². The van der Waals surface area contributed by atoms with Crippen LogP contribution in [-0.4, -0.2) is 14.2 Å². The van der Waals surface area contributed by atoms with Gasteiger partial charge in [-0.2, -0.15) is 0 Å². The van der Waals surface area contributed by atoms with E-state index in [-0.39, 0.29) is 5.75 Å². The van der Waals surface area contributed by atoms with E-state index in [1.54, 1.807) is 0 Å². The Morgan fingerprint density at radius 1 is 1.23 bits per heavy atom. The molecule has 4 heteroatoms. The molecule has 1 saturated carbocycles. The summed E-state index contributed by atoms with van der Waals surface area (Å²) in [5.74, 6) is 1.56. The lowest BCUT2D eigenvalue weighted by Gasteiger charge is -2.25. The van der Waals surface area contributed by atoms with Gasteiger partial charge in [0.25, 0.3) is 0 Å². The summed E-state index contributed by atoms with van der Waals surface area (Å²) in [6.07, 6.45) is 5.58. The van der Waals surface area contributed by atoms with Crippen LogP contribution in [0.1, 0.15) is 39.0 Å². The molecule has 1 rings (SSSR count). The van der Waals surface area contributed by atoms with Crippen LogP contribution in [0, 0.1) is 11.8 Å². The van der Waals surface area contributed by atoms with Crippen molar-refractivity contribution < 1.29 is 8.42 Å². The highest BCUT2D eigenvalue weighted by Gasteiger charge is 2.19. The first kappa shape index (κ1) is 11.3. The number of hydrogen-bond donors (Lipinski definition) is 0. The average Bonchev–Trinajstić information content (AvgIpc) is 2.02. The highest BCUT2D eigenvalue weighted by atomic mass is 35.7. The lowest BCUT2D eigenvalue weighted by Crippen LogP contribution is -2.14. The second kappa shape index (κ2) is 4.65. The first-order valence-corrected chi connectivity index (χ1v) is 7.37. The Morgan fingerprint density at radius 3 is 2.23 bits per heavy atom. The second-order valence-electron chi connectivity index (χ2n) is 4.16. The van der Waals surface area contributed by atoms with E-state index in [1.165, 1.54) is 25.7 Å². The van der Waals surface area contributed by atoms with Gasteiger partial charge in [0.15, 0.2) is 0 Å². The molecule has 0 aromatic rings. The van der Waals surface area contributed by atoms with Crippen LogP contribution >= 0.6 is 10.7 Å². The quantitative estimate of drug-likeness (QED) is 0.691. The molecule has 0 bridgehead atoms. The fraction of sp³-hybridized carbons (Fsp3) is 1.00. The molecule has 78 valence electrons. The number of halogens is 1. The van der Waals surface area contributed by atoms with Gasteiger partial charge in [-0.1, -0.05) is 32.6 Å². The fourth-order valence-corrected chi connectivity index (χ4v) is 2.81. The molecular weight excluding hydrogens is 208 g/mol. The van der Waals surface area contributed by atoms with Crippen molar-refractivity contribution in [2.75, 3.05) is 5.75 Å². The summed E-state index contributed by atoms with van der Waals surface area (Å²) in [6, 6.07) is 0. The molecular formula is C9H17ClO2S. The minimum atomic E-state index is -3.26. The molecule has 0 amide bonds. The smallest absolute Gasteiger partial charge is 0.212 e. The Kier molecular flexibility index (Phi) is 4.05. The van der Waals surface area contributed by atoms with Gasteiger partial charge in [0, 0.05) is 10.7 Å². The van der Waals surface area contributed by atoms with Crippen molar-refractivity contribution in [3.8, 4) is 0 Å². The van der Waals surface area contributed by atoms with Crippen LogP contribution in [0.25, 0.3) is 0 Å². The minimum absolute atomic E-state index is 0.146. The summed E-state index contributed by atoms with van der Waals surface area (Å²) in [4.78, 5) is 0. The van der Waals surface area contributed by atoms with Gasteiger partial charge in [-0.25, -0.2) is 8.42 Å². The monoisotopic (exact) mass is 224 g/mol. The van der Waals surface area contributed by atoms with Gasteiger partial charge in [0.05, 0.1) is 5.75 Å². The van der Waals surface area contributed by atoms with Gasteiger partial charge in [0.1, 0.15) is 0 Å². The maximum Gasteiger partial charge on any atom is 0.232 e. The van der Waals surface area contributed by atoms with E-state index in [4.69, 9.17) is 10.7 Å². The Labute approximate surface area is 85.1 Å². The van der Waals surface area contributed by atoms with E-state index in [0.717, 1.165) is 12.3 Å². The van der Waals surface area contributed by atoms with Gasteiger partial charge in [-0.15, -0.1) is 0 Å². The highest BCUT2D eigenvalue weighted by molar-refractivity contribution is 8.13. The molecule has 1 aliphatic rings. The van der Waals surface area contributed by atoms with Gasteiger partial charge >= 0.3 is 0 Å². The standard InChI is InChI=1S/C9H17ClO2S/c1-8-2-4-9(5-3-8)6-7-13(10,11)12/h8-9H,2-7H2,1H3. The third-order valence-electron chi connectivity index (χ3n) is 2.91. The molecule has 2 nitrogen and oxygen atoms in total. The molecule has 0 radical (unpaired) electrons. The summed E-state index contributed by atoms with van der Waals surface area (Å²) in [5, 5.41) is 0. The minimum Gasteiger partial charge on any atom is -0.212 e.